The van der Waals surface area contributed by atoms with Gasteiger partial charge in [-0.3, -0.25) is 9.59 Å². The quantitative estimate of drug-likeness (QED) is 0.719. The maximum Gasteiger partial charge on any atom is 0.316 e. The summed E-state index contributed by atoms with van der Waals surface area (Å²) in [6.07, 6.45) is 2.43. The molecule has 132 valence electrons. The highest BCUT2D eigenvalue weighted by molar-refractivity contribution is 6.40. The van der Waals surface area contributed by atoms with Crippen molar-refractivity contribution in [3.8, 4) is 5.69 Å². The van der Waals surface area contributed by atoms with Gasteiger partial charge in [-0.2, -0.15) is 5.10 Å². The van der Waals surface area contributed by atoms with Gasteiger partial charge in [-0.05, 0) is 30.3 Å². The molecule has 0 fully saturated rings. The fraction of sp³-hybridized carbons (Fsp3) is 0.150. The Balaban J connectivity index is 1.51. The molecule has 0 unspecified atom stereocenters. The van der Waals surface area contributed by atoms with Crippen LogP contribution in [0.3, 0.4) is 0 Å². The zero-order valence-electron chi connectivity index (χ0n) is 14.5. The van der Waals surface area contributed by atoms with Gasteiger partial charge in [0.2, 0.25) is 0 Å². The van der Waals surface area contributed by atoms with Crippen LogP contribution in [0.2, 0.25) is 0 Å². The fourth-order valence-electron chi connectivity index (χ4n) is 2.52. The Bertz CT molecular complexity index is 875. The van der Waals surface area contributed by atoms with Crippen molar-refractivity contribution in [2.24, 2.45) is 0 Å². The molecule has 26 heavy (non-hydrogen) atoms. The molecule has 0 radical (unpaired) electrons. The first kappa shape index (κ1) is 17.4. The van der Waals surface area contributed by atoms with Crippen LogP contribution in [0, 0.1) is 0 Å². The first-order valence-electron chi connectivity index (χ1n) is 8.36. The summed E-state index contributed by atoms with van der Waals surface area (Å²) in [5, 5.41) is 7.13. The van der Waals surface area contributed by atoms with Gasteiger partial charge in [0.25, 0.3) is 0 Å². The van der Waals surface area contributed by atoms with Gasteiger partial charge >= 0.3 is 11.8 Å². The number of likely N-dealkylation sites (N-methyl/N-ethyl adjacent to an activating group) is 1. The van der Waals surface area contributed by atoms with E-state index in [-0.39, 0.29) is 0 Å². The molecule has 0 saturated heterocycles. The number of carbonyl (C=O) groups is 2. The Labute approximate surface area is 152 Å². The SMILES string of the molecule is CN(C(=O)C(=O)NCCc1ccn(-c2ccccc2)n1)c1ccccc1. The molecule has 3 aromatic rings. The first-order chi connectivity index (χ1) is 12.6. The predicted octanol–water partition coefficient (Wildman–Crippen LogP) is 2.19. The Morgan fingerprint density at radius 1 is 1.00 bits per heavy atom. The average Bonchev–Trinajstić information content (AvgIpc) is 3.17. The highest BCUT2D eigenvalue weighted by Crippen LogP contribution is 2.11. The predicted molar refractivity (Wildman–Crippen MR) is 100 cm³/mol. The summed E-state index contributed by atoms with van der Waals surface area (Å²) in [7, 11) is 1.58. The van der Waals surface area contributed by atoms with Crippen LogP contribution in [0.15, 0.2) is 72.9 Å². The molecule has 0 saturated carbocycles. The number of carbonyl (C=O) groups excluding carboxylic acids is 2. The third-order valence-electron chi connectivity index (χ3n) is 3.97. The molecule has 0 bridgehead atoms. The largest absolute Gasteiger partial charge is 0.347 e. The van der Waals surface area contributed by atoms with Crippen LogP contribution < -0.4 is 10.2 Å². The van der Waals surface area contributed by atoms with Crippen molar-refractivity contribution in [1.29, 1.82) is 0 Å². The van der Waals surface area contributed by atoms with E-state index in [2.05, 4.69) is 10.4 Å². The normalized spacial score (nSPS) is 10.3. The van der Waals surface area contributed by atoms with Gasteiger partial charge in [0.05, 0.1) is 11.4 Å². The Hall–Kier alpha value is -3.41. The van der Waals surface area contributed by atoms with Crippen molar-refractivity contribution in [2.45, 2.75) is 6.42 Å². The molecule has 2 aromatic carbocycles. The number of amides is 2. The minimum atomic E-state index is -0.626. The monoisotopic (exact) mass is 348 g/mol. The van der Waals surface area contributed by atoms with Crippen LogP contribution in [0.1, 0.15) is 5.69 Å². The van der Waals surface area contributed by atoms with Gasteiger partial charge in [0.15, 0.2) is 0 Å². The van der Waals surface area contributed by atoms with Gasteiger partial charge in [0.1, 0.15) is 0 Å². The minimum absolute atomic E-state index is 0.346. The summed E-state index contributed by atoms with van der Waals surface area (Å²) < 4.78 is 1.78. The molecular weight excluding hydrogens is 328 g/mol. The van der Waals surface area contributed by atoms with E-state index in [1.165, 1.54) is 4.90 Å². The smallest absolute Gasteiger partial charge is 0.316 e. The van der Waals surface area contributed by atoms with E-state index in [9.17, 15) is 9.59 Å². The van der Waals surface area contributed by atoms with Crippen LogP contribution in [0.5, 0.6) is 0 Å². The summed E-state index contributed by atoms with van der Waals surface area (Å²) in [6, 6.07) is 20.7. The van der Waals surface area contributed by atoms with E-state index in [1.54, 1.807) is 23.9 Å². The van der Waals surface area contributed by atoms with E-state index in [0.29, 0.717) is 18.7 Å². The number of anilines is 1. The van der Waals surface area contributed by atoms with Crippen molar-refractivity contribution in [3.63, 3.8) is 0 Å². The molecule has 3 rings (SSSR count). The maximum atomic E-state index is 12.2. The Morgan fingerprint density at radius 2 is 1.65 bits per heavy atom. The lowest BCUT2D eigenvalue weighted by atomic mass is 10.3. The van der Waals surface area contributed by atoms with E-state index in [1.807, 2.05) is 60.8 Å². The van der Waals surface area contributed by atoms with Gasteiger partial charge in [-0.15, -0.1) is 0 Å². The van der Waals surface area contributed by atoms with Gasteiger partial charge in [-0.25, -0.2) is 4.68 Å². The second-order valence-electron chi connectivity index (χ2n) is 5.79. The van der Waals surface area contributed by atoms with E-state index >= 15 is 0 Å². The number of nitrogens with one attached hydrogen (secondary N) is 1. The standard InChI is InChI=1S/C20H20N4O2/c1-23(17-8-4-2-5-9-17)20(26)19(25)21-14-12-16-13-15-24(22-16)18-10-6-3-7-11-18/h2-11,13,15H,12,14H2,1H3,(H,21,25). The van der Waals surface area contributed by atoms with Crippen LogP contribution >= 0.6 is 0 Å². The van der Waals surface area contributed by atoms with Gasteiger partial charge < -0.3 is 10.2 Å². The van der Waals surface area contributed by atoms with Crippen LogP contribution in [-0.4, -0.2) is 35.2 Å². The van der Waals surface area contributed by atoms with Crippen LogP contribution in [-0.2, 0) is 16.0 Å². The number of hydrogen-bond acceptors (Lipinski definition) is 3. The summed E-state index contributed by atoms with van der Waals surface area (Å²) in [5.74, 6) is -1.22. The number of aromatic nitrogens is 2. The van der Waals surface area contributed by atoms with Crippen molar-refractivity contribution in [2.75, 3.05) is 18.5 Å². The second-order valence-corrected chi connectivity index (χ2v) is 5.79. The molecule has 1 aromatic heterocycles. The molecule has 1 N–H and O–H groups in total. The van der Waals surface area contributed by atoms with E-state index < -0.39 is 11.8 Å². The summed E-state index contributed by atoms with van der Waals surface area (Å²) in [6.45, 7) is 0.346. The molecule has 1 heterocycles. The highest BCUT2D eigenvalue weighted by atomic mass is 16.2. The molecule has 0 spiro atoms. The van der Waals surface area contributed by atoms with Gasteiger partial charge in [-0.1, -0.05) is 36.4 Å². The lowest BCUT2D eigenvalue weighted by Gasteiger charge is -2.16. The van der Waals surface area contributed by atoms with Crippen molar-refractivity contribution >= 4 is 17.5 Å². The number of hydrogen-bond donors (Lipinski definition) is 1. The Kier molecular flexibility index (Phi) is 5.43. The van der Waals surface area contributed by atoms with Crippen LogP contribution in [0.4, 0.5) is 5.69 Å². The third-order valence-corrected chi connectivity index (χ3v) is 3.97. The van der Waals surface area contributed by atoms with E-state index in [0.717, 1.165) is 11.4 Å². The third kappa shape index (κ3) is 4.16. The summed E-state index contributed by atoms with van der Waals surface area (Å²) in [4.78, 5) is 25.5. The zero-order valence-corrected chi connectivity index (χ0v) is 14.5. The summed E-state index contributed by atoms with van der Waals surface area (Å²) in [5.41, 5.74) is 2.50. The fourth-order valence-corrected chi connectivity index (χ4v) is 2.52. The number of para-hydroxylation sites is 2. The molecule has 0 atom stereocenters. The molecule has 0 aliphatic carbocycles. The highest BCUT2D eigenvalue weighted by Gasteiger charge is 2.19. The number of nitrogens with zero attached hydrogens (tertiary/aromatic N) is 3. The molecule has 6 heteroatoms. The second kappa shape index (κ2) is 8.11. The topological polar surface area (TPSA) is 67.2 Å². The number of benzene rings is 2. The van der Waals surface area contributed by atoms with E-state index in [4.69, 9.17) is 0 Å². The lowest BCUT2D eigenvalue weighted by Crippen LogP contribution is -2.41. The minimum Gasteiger partial charge on any atom is -0.347 e. The molecule has 0 aliphatic heterocycles. The van der Waals surface area contributed by atoms with Gasteiger partial charge in [0, 0.05) is 31.9 Å². The Morgan fingerprint density at radius 3 is 2.35 bits per heavy atom. The maximum absolute atomic E-state index is 12.2. The average molecular weight is 348 g/mol. The zero-order chi connectivity index (χ0) is 18.4. The number of rotatable bonds is 5. The summed E-state index contributed by atoms with van der Waals surface area (Å²) >= 11 is 0. The molecule has 0 aliphatic rings. The lowest BCUT2D eigenvalue weighted by molar-refractivity contribution is -0.137. The van der Waals surface area contributed by atoms with Crippen LogP contribution in [0.25, 0.3) is 5.69 Å². The molecule has 2 amide bonds. The molecular formula is C20H20N4O2. The first-order valence-corrected chi connectivity index (χ1v) is 8.36. The molecule has 6 nitrogen and oxygen atoms in total. The van der Waals surface area contributed by atoms with Crippen molar-refractivity contribution in [3.05, 3.63) is 78.6 Å². The van der Waals surface area contributed by atoms with Crippen molar-refractivity contribution < 1.29 is 9.59 Å². The van der Waals surface area contributed by atoms with Crippen molar-refractivity contribution in [1.82, 2.24) is 15.1 Å².